The fourth-order valence-corrected chi connectivity index (χ4v) is 6.71. The monoisotopic (exact) mass is 479 g/mol. The highest BCUT2D eigenvalue weighted by Gasteiger charge is 2.43. The molecular weight excluding hydrogens is 450 g/mol. The summed E-state index contributed by atoms with van der Waals surface area (Å²) in [5.41, 5.74) is 2.15. The van der Waals surface area contributed by atoms with E-state index in [0.29, 0.717) is 37.2 Å². The van der Waals surface area contributed by atoms with Gasteiger partial charge in [-0.3, -0.25) is 4.79 Å². The second-order valence-electron chi connectivity index (χ2n) is 9.27. The molecule has 0 radical (unpaired) electrons. The van der Waals surface area contributed by atoms with Crippen LogP contribution in [0.15, 0.2) is 29.6 Å². The molecule has 1 amide bonds. The average Bonchev–Trinajstić information content (AvgIpc) is 3.41. The molecule has 2 bridgehead atoms. The first-order valence-corrected chi connectivity index (χ1v) is 12.8. The van der Waals surface area contributed by atoms with Crippen LogP contribution >= 0.6 is 11.3 Å². The lowest BCUT2D eigenvalue weighted by Crippen LogP contribution is -2.49. The molecule has 9 heteroatoms. The van der Waals surface area contributed by atoms with Crippen molar-refractivity contribution in [2.45, 2.75) is 43.9 Å². The second kappa shape index (κ2) is 8.70. The van der Waals surface area contributed by atoms with Gasteiger partial charge in [0.2, 0.25) is 11.9 Å². The van der Waals surface area contributed by atoms with E-state index in [1.807, 2.05) is 30.2 Å². The number of carbonyl (C=O) groups is 1. The largest absolute Gasteiger partial charge is 0.496 e. The van der Waals surface area contributed by atoms with Crippen molar-refractivity contribution in [3.8, 4) is 16.9 Å². The van der Waals surface area contributed by atoms with Gasteiger partial charge in [0.05, 0.1) is 25.1 Å². The van der Waals surface area contributed by atoms with E-state index in [1.165, 1.54) is 0 Å². The predicted molar refractivity (Wildman–Crippen MR) is 134 cm³/mol. The lowest BCUT2D eigenvalue weighted by atomic mass is 9.98. The van der Waals surface area contributed by atoms with E-state index in [2.05, 4.69) is 21.7 Å². The van der Waals surface area contributed by atoms with Crippen molar-refractivity contribution < 1.29 is 14.3 Å². The highest BCUT2D eigenvalue weighted by Crippen LogP contribution is 2.47. The van der Waals surface area contributed by atoms with Crippen molar-refractivity contribution in [3.05, 3.63) is 29.6 Å². The van der Waals surface area contributed by atoms with Crippen molar-refractivity contribution in [3.63, 3.8) is 0 Å². The number of nitrogens with one attached hydrogen (secondary N) is 1. The maximum absolute atomic E-state index is 12.1. The van der Waals surface area contributed by atoms with Gasteiger partial charge in [0.15, 0.2) is 0 Å². The Kier molecular flexibility index (Phi) is 5.53. The zero-order chi connectivity index (χ0) is 23.2. The van der Waals surface area contributed by atoms with Crippen LogP contribution in [0.4, 0.5) is 11.8 Å². The first-order valence-electron chi connectivity index (χ1n) is 11.9. The van der Waals surface area contributed by atoms with E-state index in [-0.39, 0.29) is 12.5 Å². The van der Waals surface area contributed by atoms with Gasteiger partial charge in [-0.2, -0.15) is 4.98 Å². The molecule has 3 aliphatic rings. The van der Waals surface area contributed by atoms with Crippen LogP contribution in [0.1, 0.15) is 25.7 Å². The summed E-state index contributed by atoms with van der Waals surface area (Å²) in [6.07, 6.45) is 4.60. The smallest absolute Gasteiger partial charge is 0.239 e. The topological polar surface area (TPSA) is 79.8 Å². The molecule has 2 unspecified atom stereocenters. The molecule has 8 nitrogen and oxygen atoms in total. The Morgan fingerprint density at radius 2 is 1.88 bits per heavy atom. The standard InChI is InChI=1S/C25H29N5O3S/c1-32-17-11-15-7-8-16(12-17)30(15)23-22-19(18-5-3-4-6-20(18)33-2)14-34-24(22)28-25(27-23)29-10-9-26-21(31)13-29/h3-6,14-17H,7-13H2,1-2H3,(H,26,31). The number of fused-ring (bicyclic) bond motifs is 3. The third-order valence-electron chi connectivity index (χ3n) is 7.39. The molecule has 3 saturated heterocycles. The number of rotatable bonds is 5. The van der Waals surface area contributed by atoms with E-state index < -0.39 is 0 Å². The zero-order valence-electron chi connectivity index (χ0n) is 19.5. The van der Waals surface area contributed by atoms with Gasteiger partial charge >= 0.3 is 0 Å². The van der Waals surface area contributed by atoms with Crippen LogP contribution in [0.5, 0.6) is 5.75 Å². The lowest BCUT2D eigenvalue weighted by molar-refractivity contribution is -0.120. The van der Waals surface area contributed by atoms with Crippen molar-refractivity contribution in [2.75, 3.05) is 43.7 Å². The van der Waals surface area contributed by atoms with Gasteiger partial charge in [-0.25, -0.2) is 4.98 Å². The number of hydrogen-bond acceptors (Lipinski definition) is 8. The van der Waals surface area contributed by atoms with Crippen molar-refractivity contribution in [1.82, 2.24) is 15.3 Å². The Hall–Kier alpha value is -2.91. The minimum atomic E-state index is 0.0124. The summed E-state index contributed by atoms with van der Waals surface area (Å²) in [7, 11) is 3.53. The summed E-state index contributed by atoms with van der Waals surface area (Å²) in [4.78, 5) is 27.7. The summed E-state index contributed by atoms with van der Waals surface area (Å²) in [6, 6.07) is 8.90. The number of methoxy groups -OCH3 is 2. The van der Waals surface area contributed by atoms with Crippen molar-refractivity contribution in [1.29, 1.82) is 0 Å². The molecule has 3 aliphatic heterocycles. The van der Waals surface area contributed by atoms with Crippen LogP contribution in [-0.2, 0) is 9.53 Å². The zero-order valence-corrected chi connectivity index (χ0v) is 20.3. The predicted octanol–water partition coefficient (Wildman–Crippen LogP) is 3.45. The molecule has 2 aromatic heterocycles. The van der Waals surface area contributed by atoms with Gasteiger partial charge in [0, 0.05) is 48.8 Å². The minimum absolute atomic E-state index is 0.0124. The first kappa shape index (κ1) is 21.6. The molecule has 0 aliphatic carbocycles. The maximum Gasteiger partial charge on any atom is 0.239 e. The van der Waals surface area contributed by atoms with Crippen LogP contribution in [0.25, 0.3) is 21.3 Å². The normalized spacial score (nSPS) is 24.5. The van der Waals surface area contributed by atoms with Gasteiger partial charge in [0.25, 0.3) is 0 Å². The fourth-order valence-electron chi connectivity index (χ4n) is 5.78. The molecule has 0 spiro atoms. The van der Waals surface area contributed by atoms with Gasteiger partial charge in [-0.1, -0.05) is 18.2 Å². The molecule has 5 heterocycles. The van der Waals surface area contributed by atoms with Gasteiger partial charge in [0.1, 0.15) is 16.4 Å². The lowest BCUT2D eigenvalue weighted by Gasteiger charge is -2.40. The molecule has 3 fully saturated rings. The first-order chi connectivity index (χ1) is 16.7. The van der Waals surface area contributed by atoms with Gasteiger partial charge in [-0.15, -0.1) is 11.3 Å². The number of carbonyl (C=O) groups excluding carboxylic acids is 1. The summed E-state index contributed by atoms with van der Waals surface area (Å²) >= 11 is 1.63. The minimum Gasteiger partial charge on any atom is -0.496 e. The Balaban J connectivity index is 1.53. The third-order valence-corrected chi connectivity index (χ3v) is 8.26. The van der Waals surface area contributed by atoms with Crippen LogP contribution in [0.3, 0.4) is 0 Å². The Morgan fingerprint density at radius 3 is 2.62 bits per heavy atom. The highest BCUT2D eigenvalue weighted by molar-refractivity contribution is 7.17. The number of piperazine rings is 1. The average molecular weight is 480 g/mol. The summed E-state index contributed by atoms with van der Waals surface area (Å²) in [6.45, 7) is 1.60. The molecular formula is C25H29N5O3S. The molecule has 178 valence electrons. The maximum atomic E-state index is 12.1. The molecule has 1 aromatic carbocycles. The van der Waals surface area contributed by atoms with Gasteiger partial charge in [-0.05, 0) is 31.7 Å². The van der Waals surface area contributed by atoms with Crippen LogP contribution < -0.4 is 19.9 Å². The van der Waals surface area contributed by atoms with E-state index in [1.54, 1.807) is 18.4 Å². The number of nitrogens with zero attached hydrogens (tertiary/aromatic N) is 4. The van der Waals surface area contributed by atoms with E-state index >= 15 is 0 Å². The number of amides is 1. The molecule has 2 atom stereocenters. The van der Waals surface area contributed by atoms with Crippen molar-refractivity contribution in [2.24, 2.45) is 0 Å². The van der Waals surface area contributed by atoms with E-state index in [4.69, 9.17) is 19.4 Å². The van der Waals surface area contributed by atoms with Crippen LogP contribution in [-0.4, -0.2) is 67.9 Å². The number of benzene rings is 1. The number of para-hydroxylation sites is 1. The van der Waals surface area contributed by atoms with Crippen LogP contribution in [0, 0.1) is 0 Å². The number of piperidine rings is 1. The quantitative estimate of drug-likeness (QED) is 0.600. The summed E-state index contributed by atoms with van der Waals surface area (Å²) in [5, 5.41) is 6.14. The van der Waals surface area contributed by atoms with Crippen LogP contribution in [0.2, 0.25) is 0 Å². The Labute approximate surface area is 202 Å². The number of hydrogen-bond donors (Lipinski definition) is 1. The number of thiophene rings is 1. The van der Waals surface area contributed by atoms with Gasteiger partial charge < -0.3 is 24.6 Å². The SMILES string of the molecule is COc1ccccc1-c1csc2nc(N3CCNC(=O)C3)nc(N3C4CCC3CC(OC)C4)c12. The Morgan fingerprint density at radius 1 is 1.09 bits per heavy atom. The summed E-state index contributed by atoms with van der Waals surface area (Å²) < 4.78 is 11.5. The number of anilines is 2. The van der Waals surface area contributed by atoms with E-state index in [0.717, 1.165) is 58.6 Å². The third kappa shape index (κ3) is 3.58. The Bertz CT molecular complexity index is 1220. The molecule has 34 heavy (non-hydrogen) atoms. The molecule has 3 aromatic rings. The van der Waals surface area contributed by atoms with E-state index in [9.17, 15) is 4.79 Å². The molecule has 0 saturated carbocycles. The molecule has 6 rings (SSSR count). The molecule has 1 N–H and O–H groups in total. The highest BCUT2D eigenvalue weighted by atomic mass is 32.1. The fraction of sp³-hybridized carbons (Fsp3) is 0.480. The number of ether oxygens (including phenoxy) is 2. The summed E-state index contributed by atoms with van der Waals surface area (Å²) in [5.74, 6) is 2.47. The number of aromatic nitrogens is 2. The second-order valence-corrected chi connectivity index (χ2v) is 10.1. The van der Waals surface area contributed by atoms with Crippen molar-refractivity contribution >= 4 is 39.2 Å².